The minimum absolute atomic E-state index is 0.110. The summed E-state index contributed by atoms with van der Waals surface area (Å²) in [7, 11) is 0. The fourth-order valence-corrected chi connectivity index (χ4v) is 2.30. The van der Waals surface area contributed by atoms with E-state index in [9.17, 15) is 18.8 Å². The summed E-state index contributed by atoms with van der Waals surface area (Å²) < 4.78 is 18.2. The quantitative estimate of drug-likeness (QED) is 0.576. The van der Waals surface area contributed by atoms with Crippen molar-refractivity contribution in [3.05, 3.63) is 66.0 Å². The number of carbonyl (C=O) groups excluding carboxylic acids is 3. The number of ether oxygens (including phenoxy) is 1. The monoisotopic (exact) mass is 372 g/mol. The summed E-state index contributed by atoms with van der Waals surface area (Å²) >= 11 is 0. The molecule has 2 N–H and O–H groups in total. The fraction of sp³-hybridized carbons (Fsp3) is 0.250. The van der Waals surface area contributed by atoms with E-state index in [0.717, 1.165) is 6.07 Å². The van der Waals surface area contributed by atoms with Crippen LogP contribution in [0, 0.1) is 11.7 Å². The van der Waals surface area contributed by atoms with E-state index >= 15 is 0 Å². The maximum atomic E-state index is 13.2. The smallest absolute Gasteiger partial charge is 0.329 e. The molecule has 0 aliphatic heterocycles. The lowest BCUT2D eigenvalue weighted by Gasteiger charge is -2.21. The molecule has 0 spiro atoms. The zero-order chi connectivity index (χ0) is 19.8. The second-order valence-corrected chi connectivity index (χ2v) is 6.23. The van der Waals surface area contributed by atoms with Crippen molar-refractivity contribution in [3.8, 4) is 0 Å². The molecule has 0 aliphatic rings. The number of urea groups is 1. The van der Waals surface area contributed by atoms with E-state index in [-0.39, 0.29) is 11.5 Å². The maximum absolute atomic E-state index is 13.2. The molecule has 7 heteroatoms. The van der Waals surface area contributed by atoms with Crippen molar-refractivity contribution in [2.24, 2.45) is 5.92 Å². The van der Waals surface area contributed by atoms with Crippen LogP contribution in [0.4, 0.5) is 14.9 Å². The zero-order valence-corrected chi connectivity index (χ0v) is 15.1. The van der Waals surface area contributed by atoms with Crippen LogP contribution in [0.5, 0.6) is 0 Å². The van der Waals surface area contributed by atoms with Gasteiger partial charge in [-0.2, -0.15) is 0 Å². The van der Waals surface area contributed by atoms with E-state index in [1.54, 1.807) is 38.1 Å². The Hall–Kier alpha value is -3.22. The second kappa shape index (κ2) is 9.47. The molecule has 0 bridgehead atoms. The van der Waals surface area contributed by atoms with E-state index in [1.165, 1.54) is 18.2 Å². The molecule has 0 aromatic heterocycles. The highest BCUT2D eigenvalue weighted by Crippen LogP contribution is 2.09. The highest BCUT2D eigenvalue weighted by molar-refractivity contribution is 5.98. The van der Waals surface area contributed by atoms with E-state index in [4.69, 9.17) is 4.74 Å². The van der Waals surface area contributed by atoms with Crippen molar-refractivity contribution in [2.75, 3.05) is 11.9 Å². The fourth-order valence-electron chi connectivity index (χ4n) is 2.30. The molecule has 0 saturated heterocycles. The summed E-state index contributed by atoms with van der Waals surface area (Å²) in [6.45, 7) is 2.94. The third-order valence-electron chi connectivity index (χ3n) is 3.73. The van der Waals surface area contributed by atoms with Crippen molar-refractivity contribution < 1.29 is 23.5 Å². The summed E-state index contributed by atoms with van der Waals surface area (Å²) in [5.41, 5.74) is 0.686. The molecule has 2 aromatic carbocycles. The summed E-state index contributed by atoms with van der Waals surface area (Å²) in [5.74, 6) is -2.08. The topological polar surface area (TPSA) is 84.5 Å². The van der Waals surface area contributed by atoms with Gasteiger partial charge in [0.05, 0.1) is 0 Å². The Morgan fingerprint density at radius 2 is 1.74 bits per heavy atom. The van der Waals surface area contributed by atoms with Crippen LogP contribution >= 0.6 is 0 Å². The number of para-hydroxylation sites is 1. The normalized spacial score (nSPS) is 11.6. The number of benzene rings is 2. The van der Waals surface area contributed by atoms with Crippen LogP contribution in [0.15, 0.2) is 54.6 Å². The Kier molecular flexibility index (Phi) is 7.05. The molecule has 2 rings (SSSR count). The number of hydrogen-bond donors (Lipinski definition) is 2. The first-order valence-electron chi connectivity index (χ1n) is 8.45. The number of rotatable bonds is 7. The first-order chi connectivity index (χ1) is 12.9. The minimum Gasteiger partial charge on any atom is -0.456 e. The Balaban J connectivity index is 1.92. The van der Waals surface area contributed by atoms with E-state index in [2.05, 4.69) is 10.6 Å². The maximum Gasteiger partial charge on any atom is 0.329 e. The van der Waals surface area contributed by atoms with Crippen LogP contribution in [0.2, 0.25) is 0 Å². The highest BCUT2D eigenvalue weighted by Gasteiger charge is 2.26. The molecule has 2 aromatic rings. The number of amides is 2. The number of halogens is 1. The summed E-state index contributed by atoms with van der Waals surface area (Å²) in [6, 6.07) is 12.4. The lowest BCUT2D eigenvalue weighted by Crippen LogP contribution is -2.47. The zero-order valence-electron chi connectivity index (χ0n) is 15.1. The van der Waals surface area contributed by atoms with Crippen LogP contribution in [-0.2, 0) is 9.53 Å². The number of hydrogen-bond acceptors (Lipinski definition) is 4. The molecule has 0 heterocycles. The van der Waals surface area contributed by atoms with Crippen molar-refractivity contribution in [1.29, 1.82) is 0 Å². The van der Waals surface area contributed by atoms with Gasteiger partial charge in [-0.15, -0.1) is 0 Å². The number of Topliss-reactive ketones (excluding diaryl/α,β-unsaturated/α-hetero) is 1. The first-order valence-corrected chi connectivity index (χ1v) is 8.45. The lowest BCUT2D eigenvalue weighted by atomic mass is 10.1. The molecule has 27 heavy (non-hydrogen) atoms. The van der Waals surface area contributed by atoms with Gasteiger partial charge in [-0.25, -0.2) is 14.0 Å². The third kappa shape index (κ3) is 6.22. The molecule has 6 nitrogen and oxygen atoms in total. The summed E-state index contributed by atoms with van der Waals surface area (Å²) in [5, 5.41) is 5.15. The van der Waals surface area contributed by atoms with Crippen LogP contribution < -0.4 is 10.6 Å². The van der Waals surface area contributed by atoms with Crippen LogP contribution in [-0.4, -0.2) is 30.4 Å². The van der Waals surface area contributed by atoms with Gasteiger partial charge in [-0.3, -0.25) is 4.79 Å². The van der Waals surface area contributed by atoms with Gasteiger partial charge in [-0.05, 0) is 30.2 Å². The molecule has 2 amide bonds. The highest BCUT2D eigenvalue weighted by atomic mass is 19.1. The third-order valence-corrected chi connectivity index (χ3v) is 3.73. The number of nitrogens with one attached hydrogen (secondary N) is 2. The summed E-state index contributed by atoms with van der Waals surface area (Å²) in [6.07, 6.45) is 0. The molecule has 1 atom stereocenters. The average molecular weight is 372 g/mol. The molecule has 0 aliphatic carbocycles. The van der Waals surface area contributed by atoms with Gasteiger partial charge in [-0.1, -0.05) is 44.2 Å². The van der Waals surface area contributed by atoms with Gasteiger partial charge in [0, 0.05) is 11.3 Å². The first kappa shape index (κ1) is 20.1. The second-order valence-electron chi connectivity index (χ2n) is 6.23. The van der Waals surface area contributed by atoms with E-state index in [0.29, 0.717) is 5.69 Å². The molecular weight excluding hydrogens is 351 g/mol. The SMILES string of the molecule is CC(C)[C@H](NC(=O)Nc1ccccc1)C(=O)OCC(=O)c1cccc(F)c1. The number of ketones is 1. The number of esters is 1. The van der Waals surface area contributed by atoms with Crippen LogP contribution in [0.1, 0.15) is 24.2 Å². The standard InChI is InChI=1S/C20H21FN2O4/c1-13(2)18(23-20(26)22-16-9-4-3-5-10-16)19(25)27-12-17(24)14-7-6-8-15(21)11-14/h3-11,13,18H,12H2,1-2H3,(H2,22,23,26)/t18-/m0/s1. The number of anilines is 1. The van der Waals surface area contributed by atoms with Gasteiger partial charge in [0.25, 0.3) is 0 Å². The summed E-state index contributed by atoms with van der Waals surface area (Å²) in [4.78, 5) is 36.4. The van der Waals surface area contributed by atoms with Gasteiger partial charge in [0.15, 0.2) is 12.4 Å². The average Bonchev–Trinajstić information content (AvgIpc) is 2.64. The number of carbonyl (C=O) groups is 3. The Morgan fingerprint density at radius 1 is 1.04 bits per heavy atom. The Labute approximate surface area is 156 Å². The molecule has 0 fully saturated rings. The van der Waals surface area contributed by atoms with Gasteiger partial charge in [0.1, 0.15) is 11.9 Å². The van der Waals surface area contributed by atoms with E-state index in [1.807, 2.05) is 6.07 Å². The van der Waals surface area contributed by atoms with E-state index < -0.39 is 36.2 Å². The molecule has 0 radical (unpaired) electrons. The Bertz CT molecular complexity index is 809. The largest absolute Gasteiger partial charge is 0.456 e. The van der Waals surface area contributed by atoms with Crippen molar-refractivity contribution >= 4 is 23.5 Å². The molecule has 142 valence electrons. The van der Waals surface area contributed by atoms with Crippen LogP contribution in [0.3, 0.4) is 0 Å². The Morgan fingerprint density at radius 3 is 2.37 bits per heavy atom. The van der Waals surface area contributed by atoms with Crippen molar-refractivity contribution in [1.82, 2.24) is 5.32 Å². The van der Waals surface area contributed by atoms with Gasteiger partial charge < -0.3 is 15.4 Å². The molecule has 0 unspecified atom stereocenters. The van der Waals surface area contributed by atoms with Gasteiger partial charge >= 0.3 is 12.0 Å². The molecule has 0 saturated carbocycles. The minimum atomic E-state index is -0.936. The predicted octanol–water partition coefficient (Wildman–Crippen LogP) is 3.40. The van der Waals surface area contributed by atoms with Crippen LogP contribution in [0.25, 0.3) is 0 Å². The lowest BCUT2D eigenvalue weighted by molar-refractivity contribution is -0.145. The van der Waals surface area contributed by atoms with Crippen molar-refractivity contribution in [3.63, 3.8) is 0 Å². The van der Waals surface area contributed by atoms with Crippen molar-refractivity contribution in [2.45, 2.75) is 19.9 Å². The van der Waals surface area contributed by atoms with Gasteiger partial charge in [0.2, 0.25) is 0 Å². The predicted molar refractivity (Wildman–Crippen MR) is 98.9 cm³/mol. The molecular formula is C20H21FN2O4.